The predicted octanol–water partition coefficient (Wildman–Crippen LogP) is 1.74. The molecule has 96 valence electrons. The second kappa shape index (κ2) is 4.24. The first-order valence-electron chi connectivity index (χ1n) is 6.39. The molecule has 1 aliphatic rings. The zero-order valence-corrected chi connectivity index (χ0v) is 10.6. The van der Waals surface area contributed by atoms with Crippen molar-refractivity contribution in [1.82, 2.24) is 15.0 Å². The van der Waals surface area contributed by atoms with Gasteiger partial charge in [-0.1, -0.05) is 12.8 Å². The third kappa shape index (κ3) is 1.66. The number of imidazole rings is 1. The Kier molecular flexibility index (Phi) is 2.70. The summed E-state index contributed by atoms with van der Waals surface area (Å²) in [6.45, 7) is 0.643. The van der Waals surface area contributed by atoms with Gasteiger partial charge in [-0.25, -0.2) is 4.98 Å². The van der Waals surface area contributed by atoms with Gasteiger partial charge in [0, 0.05) is 18.0 Å². The van der Waals surface area contributed by atoms with Crippen LogP contribution in [-0.2, 0) is 5.41 Å². The molecule has 2 heterocycles. The maximum atomic E-state index is 5.97. The Balaban J connectivity index is 2.07. The molecule has 2 aromatic heterocycles. The van der Waals surface area contributed by atoms with E-state index in [9.17, 15) is 0 Å². The van der Waals surface area contributed by atoms with Gasteiger partial charge in [-0.3, -0.25) is 0 Å². The first-order valence-corrected chi connectivity index (χ1v) is 6.39. The van der Waals surface area contributed by atoms with Gasteiger partial charge < -0.3 is 15.5 Å². The fourth-order valence-electron chi connectivity index (χ4n) is 2.83. The summed E-state index contributed by atoms with van der Waals surface area (Å²) in [6, 6.07) is 3.80. The number of fused-ring (bicyclic) bond motifs is 1. The third-order valence-corrected chi connectivity index (χ3v) is 3.98. The lowest BCUT2D eigenvalue weighted by atomic mass is 9.85. The number of aromatic amines is 1. The quantitative estimate of drug-likeness (QED) is 0.864. The van der Waals surface area contributed by atoms with E-state index in [1.165, 1.54) is 12.8 Å². The molecule has 5 heteroatoms. The SMILES string of the molecule is COc1ccc2[nH]c(C3(CN)CCCC3)nc2n1. The van der Waals surface area contributed by atoms with Crippen molar-refractivity contribution in [2.24, 2.45) is 5.73 Å². The summed E-state index contributed by atoms with van der Waals surface area (Å²) < 4.78 is 5.12. The highest BCUT2D eigenvalue weighted by Crippen LogP contribution is 2.39. The van der Waals surface area contributed by atoms with Crippen molar-refractivity contribution in [2.45, 2.75) is 31.1 Å². The van der Waals surface area contributed by atoms with Crippen molar-refractivity contribution in [1.29, 1.82) is 0 Å². The molecular formula is C13H18N4O. The Labute approximate surface area is 106 Å². The second-order valence-corrected chi connectivity index (χ2v) is 5.00. The number of nitrogens with two attached hydrogens (primary N) is 1. The molecule has 0 atom stereocenters. The number of hydrogen-bond donors (Lipinski definition) is 2. The number of ether oxygens (including phenoxy) is 1. The second-order valence-electron chi connectivity index (χ2n) is 5.00. The topological polar surface area (TPSA) is 76.8 Å². The van der Waals surface area contributed by atoms with Crippen LogP contribution in [0.4, 0.5) is 0 Å². The molecule has 1 fully saturated rings. The summed E-state index contributed by atoms with van der Waals surface area (Å²) in [5, 5.41) is 0. The molecule has 0 spiro atoms. The molecule has 0 radical (unpaired) electrons. The van der Waals surface area contributed by atoms with Gasteiger partial charge in [0.1, 0.15) is 5.82 Å². The summed E-state index contributed by atoms with van der Waals surface area (Å²) in [5.41, 5.74) is 7.66. The Morgan fingerprint density at radius 2 is 2.11 bits per heavy atom. The van der Waals surface area contributed by atoms with Crippen molar-refractivity contribution in [3.63, 3.8) is 0 Å². The number of nitrogens with zero attached hydrogens (tertiary/aromatic N) is 2. The summed E-state index contributed by atoms with van der Waals surface area (Å²) in [6.07, 6.45) is 4.68. The minimum absolute atomic E-state index is 0.0218. The Morgan fingerprint density at radius 1 is 1.33 bits per heavy atom. The van der Waals surface area contributed by atoms with Crippen LogP contribution >= 0.6 is 0 Å². The van der Waals surface area contributed by atoms with E-state index in [1.54, 1.807) is 7.11 Å². The van der Waals surface area contributed by atoms with Crippen molar-refractivity contribution in [3.05, 3.63) is 18.0 Å². The van der Waals surface area contributed by atoms with E-state index in [4.69, 9.17) is 10.5 Å². The van der Waals surface area contributed by atoms with Crippen LogP contribution in [0, 0.1) is 0 Å². The van der Waals surface area contributed by atoms with E-state index in [0.29, 0.717) is 18.1 Å². The lowest BCUT2D eigenvalue weighted by Crippen LogP contribution is -2.33. The van der Waals surface area contributed by atoms with Gasteiger partial charge in [0.15, 0.2) is 5.65 Å². The average Bonchev–Trinajstić information content (AvgIpc) is 3.04. The highest BCUT2D eigenvalue weighted by molar-refractivity contribution is 5.71. The molecule has 1 aliphatic carbocycles. The minimum atomic E-state index is 0.0218. The van der Waals surface area contributed by atoms with Crippen LogP contribution in [-0.4, -0.2) is 28.6 Å². The van der Waals surface area contributed by atoms with Gasteiger partial charge in [0.05, 0.1) is 12.6 Å². The number of nitrogens with one attached hydrogen (secondary N) is 1. The van der Waals surface area contributed by atoms with Gasteiger partial charge in [-0.05, 0) is 18.9 Å². The molecule has 0 amide bonds. The van der Waals surface area contributed by atoms with Crippen molar-refractivity contribution in [3.8, 4) is 5.88 Å². The third-order valence-electron chi connectivity index (χ3n) is 3.98. The zero-order valence-electron chi connectivity index (χ0n) is 10.6. The molecule has 1 saturated carbocycles. The fourth-order valence-corrected chi connectivity index (χ4v) is 2.83. The van der Waals surface area contributed by atoms with Crippen LogP contribution in [0.5, 0.6) is 5.88 Å². The predicted molar refractivity (Wildman–Crippen MR) is 69.6 cm³/mol. The number of aromatic nitrogens is 3. The summed E-state index contributed by atoms with van der Waals surface area (Å²) in [5.74, 6) is 1.58. The Morgan fingerprint density at radius 3 is 2.78 bits per heavy atom. The number of H-pyrrole nitrogens is 1. The lowest BCUT2D eigenvalue weighted by Gasteiger charge is -2.24. The molecule has 0 bridgehead atoms. The highest BCUT2D eigenvalue weighted by atomic mass is 16.5. The monoisotopic (exact) mass is 246 g/mol. The molecule has 0 unspecified atom stereocenters. The van der Waals surface area contributed by atoms with Gasteiger partial charge in [-0.15, -0.1) is 0 Å². The Hall–Kier alpha value is -1.62. The summed E-state index contributed by atoms with van der Waals surface area (Å²) in [7, 11) is 1.61. The molecule has 2 aromatic rings. The molecule has 3 rings (SSSR count). The van der Waals surface area contributed by atoms with Crippen LogP contribution in [0.15, 0.2) is 12.1 Å². The zero-order chi connectivity index (χ0) is 12.6. The van der Waals surface area contributed by atoms with Crippen LogP contribution in [0.1, 0.15) is 31.5 Å². The van der Waals surface area contributed by atoms with Crippen molar-refractivity contribution >= 4 is 11.2 Å². The number of hydrogen-bond acceptors (Lipinski definition) is 4. The molecule has 18 heavy (non-hydrogen) atoms. The maximum Gasteiger partial charge on any atom is 0.215 e. The van der Waals surface area contributed by atoms with E-state index < -0.39 is 0 Å². The maximum absolute atomic E-state index is 5.97. The number of pyridine rings is 1. The lowest BCUT2D eigenvalue weighted by molar-refractivity contribution is 0.399. The first-order chi connectivity index (χ1) is 8.77. The van der Waals surface area contributed by atoms with Crippen LogP contribution in [0.3, 0.4) is 0 Å². The fraction of sp³-hybridized carbons (Fsp3) is 0.538. The first kappa shape index (κ1) is 11.5. The van der Waals surface area contributed by atoms with Gasteiger partial charge >= 0.3 is 0 Å². The van der Waals surface area contributed by atoms with E-state index in [1.807, 2.05) is 12.1 Å². The Bertz CT molecular complexity index is 557. The van der Waals surface area contributed by atoms with E-state index in [2.05, 4.69) is 15.0 Å². The van der Waals surface area contributed by atoms with Crippen molar-refractivity contribution in [2.75, 3.05) is 13.7 Å². The van der Waals surface area contributed by atoms with E-state index in [0.717, 1.165) is 24.2 Å². The van der Waals surface area contributed by atoms with Crippen LogP contribution < -0.4 is 10.5 Å². The van der Waals surface area contributed by atoms with Gasteiger partial charge in [-0.2, -0.15) is 4.98 Å². The number of methoxy groups -OCH3 is 1. The highest BCUT2D eigenvalue weighted by Gasteiger charge is 2.37. The van der Waals surface area contributed by atoms with Gasteiger partial charge in [0.25, 0.3) is 0 Å². The van der Waals surface area contributed by atoms with E-state index in [-0.39, 0.29) is 5.41 Å². The van der Waals surface area contributed by atoms with Gasteiger partial charge in [0.2, 0.25) is 5.88 Å². The molecule has 5 nitrogen and oxygen atoms in total. The standard InChI is InChI=1S/C13H18N4O/c1-18-10-5-4-9-11(16-10)17-12(15-9)13(8-14)6-2-3-7-13/h4-5H,2-3,6-8,14H2,1H3,(H,15,16,17). The van der Waals surface area contributed by atoms with Crippen LogP contribution in [0.25, 0.3) is 11.2 Å². The molecule has 0 aromatic carbocycles. The minimum Gasteiger partial charge on any atom is -0.481 e. The average molecular weight is 246 g/mol. The normalized spacial score (nSPS) is 18.3. The van der Waals surface area contributed by atoms with Crippen LogP contribution in [0.2, 0.25) is 0 Å². The smallest absolute Gasteiger partial charge is 0.215 e. The van der Waals surface area contributed by atoms with Crippen molar-refractivity contribution < 1.29 is 4.74 Å². The largest absolute Gasteiger partial charge is 0.481 e. The van der Waals surface area contributed by atoms with E-state index >= 15 is 0 Å². The number of rotatable bonds is 3. The molecular weight excluding hydrogens is 228 g/mol. The molecule has 0 saturated heterocycles. The molecule has 3 N–H and O–H groups in total. The summed E-state index contributed by atoms with van der Waals surface area (Å²) >= 11 is 0. The molecule has 0 aliphatic heterocycles. The summed E-state index contributed by atoms with van der Waals surface area (Å²) in [4.78, 5) is 12.3.